The smallest absolute Gasteiger partial charge is 0.251 e. The second kappa shape index (κ2) is 4.18. The van der Waals surface area contributed by atoms with E-state index in [-0.39, 0.29) is 5.56 Å². The molecule has 0 aliphatic heterocycles. The molecule has 0 saturated carbocycles. The van der Waals surface area contributed by atoms with Gasteiger partial charge in [0.05, 0.1) is 12.2 Å². The molecule has 0 atom stereocenters. The molecule has 4 nitrogen and oxygen atoms in total. The van der Waals surface area contributed by atoms with Crippen molar-refractivity contribution in [2.45, 2.75) is 13.5 Å². The number of rotatable bonds is 2. The van der Waals surface area contributed by atoms with Crippen LogP contribution in [0.5, 0.6) is 0 Å². The molecular formula is C12H13N3O. The SMILES string of the molecule is Cc1cc(=O)n(Cc2cccnc2)cc1N. The van der Waals surface area contributed by atoms with E-state index in [1.807, 2.05) is 19.1 Å². The lowest BCUT2D eigenvalue weighted by Crippen LogP contribution is -2.20. The zero-order valence-corrected chi connectivity index (χ0v) is 9.05. The first-order valence-corrected chi connectivity index (χ1v) is 5.02. The molecule has 2 rings (SSSR count). The van der Waals surface area contributed by atoms with Gasteiger partial charge in [0, 0.05) is 24.7 Å². The van der Waals surface area contributed by atoms with Crippen LogP contribution < -0.4 is 11.3 Å². The van der Waals surface area contributed by atoms with E-state index in [2.05, 4.69) is 4.98 Å². The van der Waals surface area contributed by atoms with Gasteiger partial charge in [0.15, 0.2) is 0 Å². The Labute approximate surface area is 93.4 Å². The minimum Gasteiger partial charge on any atom is -0.397 e. The van der Waals surface area contributed by atoms with Crippen LogP contribution >= 0.6 is 0 Å². The maximum Gasteiger partial charge on any atom is 0.251 e. The van der Waals surface area contributed by atoms with E-state index in [1.165, 1.54) is 0 Å². The monoisotopic (exact) mass is 215 g/mol. The Balaban J connectivity index is 2.36. The number of nitrogen functional groups attached to an aromatic ring is 1. The van der Waals surface area contributed by atoms with Crippen molar-refractivity contribution in [2.24, 2.45) is 0 Å². The molecule has 0 amide bonds. The Morgan fingerprint density at radius 1 is 1.50 bits per heavy atom. The molecule has 0 unspecified atom stereocenters. The van der Waals surface area contributed by atoms with Crippen LogP contribution in [0.25, 0.3) is 0 Å². The van der Waals surface area contributed by atoms with E-state index in [1.54, 1.807) is 29.2 Å². The topological polar surface area (TPSA) is 60.9 Å². The summed E-state index contributed by atoms with van der Waals surface area (Å²) in [5.74, 6) is 0. The molecule has 0 aliphatic rings. The Morgan fingerprint density at radius 3 is 3.00 bits per heavy atom. The van der Waals surface area contributed by atoms with E-state index in [9.17, 15) is 4.79 Å². The number of nitrogens with two attached hydrogens (primary N) is 1. The van der Waals surface area contributed by atoms with Gasteiger partial charge in [0.25, 0.3) is 5.56 Å². The lowest BCUT2D eigenvalue weighted by Gasteiger charge is -2.07. The molecular weight excluding hydrogens is 202 g/mol. The standard InChI is InChI=1S/C12H13N3O/c1-9-5-12(16)15(8-11(9)13)7-10-3-2-4-14-6-10/h2-6,8H,7,13H2,1H3. The average Bonchev–Trinajstić information content (AvgIpc) is 2.27. The summed E-state index contributed by atoms with van der Waals surface area (Å²) in [6.45, 7) is 2.32. The zero-order valence-electron chi connectivity index (χ0n) is 9.05. The highest BCUT2D eigenvalue weighted by atomic mass is 16.1. The highest BCUT2D eigenvalue weighted by Crippen LogP contribution is 2.07. The van der Waals surface area contributed by atoms with Gasteiger partial charge in [-0.3, -0.25) is 9.78 Å². The van der Waals surface area contributed by atoms with Gasteiger partial charge in [-0.05, 0) is 24.1 Å². The predicted molar refractivity (Wildman–Crippen MR) is 63.2 cm³/mol. The first-order chi connectivity index (χ1) is 7.66. The van der Waals surface area contributed by atoms with E-state index in [4.69, 9.17) is 5.73 Å². The summed E-state index contributed by atoms with van der Waals surface area (Å²) in [7, 11) is 0. The number of hydrogen-bond acceptors (Lipinski definition) is 3. The van der Waals surface area contributed by atoms with Crippen molar-refractivity contribution in [1.29, 1.82) is 0 Å². The van der Waals surface area contributed by atoms with Gasteiger partial charge in [-0.2, -0.15) is 0 Å². The second-order valence-corrected chi connectivity index (χ2v) is 3.74. The molecule has 16 heavy (non-hydrogen) atoms. The van der Waals surface area contributed by atoms with Gasteiger partial charge in [0.1, 0.15) is 0 Å². The fourth-order valence-corrected chi connectivity index (χ4v) is 1.50. The Kier molecular flexibility index (Phi) is 2.72. The molecule has 0 saturated heterocycles. The largest absolute Gasteiger partial charge is 0.397 e. The number of pyridine rings is 2. The van der Waals surface area contributed by atoms with Crippen LogP contribution in [0, 0.1) is 6.92 Å². The maximum atomic E-state index is 11.7. The van der Waals surface area contributed by atoms with E-state index in [0.717, 1.165) is 11.1 Å². The average molecular weight is 215 g/mol. The van der Waals surface area contributed by atoms with Crippen molar-refractivity contribution < 1.29 is 0 Å². The third-order valence-corrected chi connectivity index (χ3v) is 2.45. The summed E-state index contributed by atoms with van der Waals surface area (Å²) in [6, 6.07) is 5.32. The van der Waals surface area contributed by atoms with E-state index >= 15 is 0 Å². The van der Waals surface area contributed by atoms with Crippen LogP contribution in [-0.4, -0.2) is 9.55 Å². The summed E-state index contributed by atoms with van der Waals surface area (Å²) >= 11 is 0. The maximum absolute atomic E-state index is 11.7. The van der Waals surface area contributed by atoms with E-state index in [0.29, 0.717) is 12.2 Å². The van der Waals surface area contributed by atoms with Gasteiger partial charge < -0.3 is 10.3 Å². The highest BCUT2D eigenvalue weighted by Gasteiger charge is 2.01. The van der Waals surface area contributed by atoms with Gasteiger partial charge in [-0.25, -0.2) is 0 Å². The van der Waals surface area contributed by atoms with Gasteiger partial charge in [-0.1, -0.05) is 6.07 Å². The molecule has 0 aliphatic carbocycles. The molecule has 2 aromatic rings. The molecule has 82 valence electrons. The molecule has 2 N–H and O–H groups in total. The molecule has 2 heterocycles. The minimum absolute atomic E-state index is 0.0458. The quantitative estimate of drug-likeness (QED) is 0.818. The number of nitrogens with zero attached hydrogens (tertiary/aromatic N) is 2. The van der Waals surface area contributed by atoms with Crippen molar-refractivity contribution >= 4 is 5.69 Å². The van der Waals surface area contributed by atoms with Gasteiger partial charge in [-0.15, -0.1) is 0 Å². The van der Waals surface area contributed by atoms with Crippen LogP contribution in [0.1, 0.15) is 11.1 Å². The van der Waals surface area contributed by atoms with Gasteiger partial charge in [0.2, 0.25) is 0 Å². The molecule has 0 fully saturated rings. The third kappa shape index (κ3) is 2.11. The van der Waals surface area contributed by atoms with Crippen LogP contribution in [0.3, 0.4) is 0 Å². The predicted octanol–water partition coefficient (Wildman–Crippen LogP) is 1.18. The first-order valence-electron chi connectivity index (χ1n) is 5.02. The molecule has 0 aromatic carbocycles. The van der Waals surface area contributed by atoms with Crippen LogP contribution in [0.4, 0.5) is 5.69 Å². The molecule has 0 bridgehead atoms. The Morgan fingerprint density at radius 2 is 2.31 bits per heavy atom. The van der Waals surface area contributed by atoms with Crippen LogP contribution in [0.15, 0.2) is 41.6 Å². The Bertz CT molecular complexity index is 546. The second-order valence-electron chi connectivity index (χ2n) is 3.74. The van der Waals surface area contributed by atoms with Crippen molar-refractivity contribution in [3.05, 3.63) is 58.3 Å². The fraction of sp³-hybridized carbons (Fsp3) is 0.167. The highest BCUT2D eigenvalue weighted by molar-refractivity contribution is 5.43. The lowest BCUT2D eigenvalue weighted by atomic mass is 10.2. The summed E-state index contributed by atoms with van der Waals surface area (Å²) in [6.07, 6.45) is 5.11. The molecule has 4 heteroatoms. The fourth-order valence-electron chi connectivity index (χ4n) is 1.50. The lowest BCUT2D eigenvalue weighted by molar-refractivity contribution is 0.756. The summed E-state index contributed by atoms with van der Waals surface area (Å²) in [5.41, 5.74) is 8.14. The van der Waals surface area contributed by atoms with Crippen LogP contribution in [0.2, 0.25) is 0 Å². The first kappa shape index (κ1) is 10.4. The minimum atomic E-state index is -0.0458. The van der Waals surface area contributed by atoms with Crippen molar-refractivity contribution in [3.8, 4) is 0 Å². The molecule has 0 spiro atoms. The number of aromatic nitrogens is 2. The van der Waals surface area contributed by atoms with Crippen molar-refractivity contribution in [2.75, 3.05) is 5.73 Å². The molecule has 0 radical (unpaired) electrons. The number of anilines is 1. The number of hydrogen-bond donors (Lipinski definition) is 1. The molecule has 2 aromatic heterocycles. The number of aryl methyl sites for hydroxylation is 1. The van der Waals surface area contributed by atoms with Crippen LogP contribution in [-0.2, 0) is 6.54 Å². The van der Waals surface area contributed by atoms with Crippen molar-refractivity contribution in [3.63, 3.8) is 0 Å². The van der Waals surface area contributed by atoms with Gasteiger partial charge >= 0.3 is 0 Å². The zero-order chi connectivity index (χ0) is 11.5. The summed E-state index contributed by atoms with van der Waals surface area (Å²) in [5, 5.41) is 0. The van der Waals surface area contributed by atoms with Crippen molar-refractivity contribution in [1.82, 2.24) is 9.55 Å². The Hall–Kier alpha value is -2.10. The normalized spacial score (nSPS) is 10.3. The van der Waals surface area contributed by atoms with E-state index < -0.39 is 0 Å². The summed E-state index contributed by atoms with van der Waals surface area (Å²) < 4.78 is 1.58. The third-order valence-electron chi connectivity index (χ3n) is 2.45. The summed E-state index contributed by atoms with van der Waals surface area (Å²) in [4.78, 5) is 15.7.